The lowest BCUT2D eigenvalue weighted by molar-refractivity contribution is -0.134. The Kier molecular flexibility index (Phi) is 11.7. The van der Waals surface area contributed by atoms with Gasteiger partial charge in [0.2, 0.25) is 0 Å². The van der Waals surface area contributed by atoms with Crippen molar-refractivity contribution in [1.29, 1.82) is 0 Å². The third kappa shape index (κ3) is 20.6. The molecule has 0 aliphatic carbocycles. The van der Waals surface area contributed by atoms with Crippen LogP contribution in [0.2, 0.25) is 0 Å². The summed E-state index contributed by atoms with van der Waals surface area (Å²) >= 11 is 0. The molecule has 0 aliphatic rings. The molecule has 0 bridgehead atoms. The number of aliphatic hydroxyl groups is 2. The number of nitrogens with one attached hydrogen (secondary N) is 1. The number of rotatable bonds is 6. The minimum absolute atomic E-state index is 0.0287. The summed E-state index contributed by atoms with van der Waals surface area (Å²) in [6.07, 6.45) is 0.957. The first-order valence-electron chi connectivity index (χ1n) is 4.98. The quantitative estimate of drug-likeness (QED) is 0.314. The van der Waals surface area contributed by atoms with E-state index < -0.39 is 18.2 Å². The summed E-state index contributed by atoms with van der Waals surface area (Å²) in [5, 5.41) is 35.8. The second-order valence-corrected chi connectivity index (χ2v) is 3.36. The van der Waals surface area contributed by atoms with Crippen LogP contribution in [0, 0.1) is 0 Å². The maximum Gasteiger partial charge on any atom is 0.328 e. The summed E-state index contributed by atoms with van der Waals surface area (Å²) in [5.74, 6) is -2.51. The van der Waals surface area contributed by atoms with E-state index in [1.165, 1.54) is 0 Å². The molecule has 100 valence electrons. The molecule has 0 rings (SSSR count). The van der Waals surface area contributed by atoms with E-state index in [0.717, 1.165) is 0 Å². The largest absolute Gasteiger partial charge is 0.478 e. The number of hydrogen-bond acceptors (Lipinski definition) is 5. The Morgan fingerprint density at radius 3 is 1.82 bits per heavy atom. The molecular weight excluding hydrogens is 230 g/mol. The van der Waals surface area contributed by atoms with Gasteiger partial charge in [-0.25, -0.2) is 9.59 Å². The first kappa shape index (κ1) is 17.9. The summed E-state index contributed by atoms with van der Waals surface area (Å²) in [6.45, 7) is 3.92. The fourth-order valence-electron chi connectivity index (χ4n) is 0.733. The van der Waals surface area contributed by atoms with Gasteiger partial charge in [0, 0.05) is 31.2 Å². The van der Waals surface area contributed by atoms with E-state index in [1.54, 1.807) is 0 Å². The Labute approximate surface area is 99.4 Å². The first-order valence-corrected chi connectivity index (χ1v) is 4.98. The van der Waals surface area contributed by atoms with Gasteiger partial charge in [0.15, 0.2) is 0 Å². The molecule has 0 saturated heterocycles. The number of aliphatic hydroxyl groups excluding tert-OH is 2. The van der Waals surface area contributed by atoms with Gasteiger partial charge in [-0.05, 0) is 13.8 Å². The van der Waals surface area contributed by atoms with Crippen molar-refractivity contribution in [3.8, 4) is 0 Å². The molecule has 0 aromatic heterocycles. The van der Waals surface area contributed by atoms with Gasteiger partial charge >= 0.3 is 11.9 Å². The zero-order chi connectivity index (χ0) is 13.8. The van der Waals surface area contributed by atoms with Crippen molar-refractivity contribution >= 4 is 11.9 Å². The maximum atomic E-state index is 9.55. The highest BCUT2D eigenvalue weighted by atomic mass is 16.4. The first-order chi connectivity index (χ1) is 7.79. The van der Waals surface area contributed by atoms with Crippen LogP contribution in [0.15, 0.2) is 12.2 Å². The van der Waals surface area contributed by atoms with Crippen LogP contribution in [-0.4, -0.2) is 51.2 Å². The molecule has 0 aromatic carbocycles. The molecule has 7 nitrogen and oxygen atoms in total. The average Bonchev–Trinajstić information content (AvgIpc) is 2.14. The zero-order valence-electron chi connectivity index (χ0n) is 9.83. The number of carboxylic acid groups (broad SMARTS) is 2. The van der Waals surface area contributed by atoms with Crippen molar-refractivity contribution in [2.24, 2.45) is 0 Å². The fraction of sp³-hybridized carbons (Fsp3) is 0.600. The maximum absolute atomic E-state index is 9.55. The van der Waals surface area contributed by atoms with Crippen molar-refractivity contribution in [1.82, 2.24) is 5.32 Å². The SMILES string of the molecule is CC(C)NC(O)CCO.O=C(O)/C=C/C(=O)O. The molecule has 0 heterocycles. The van der Waals surface area contributed by atoms with E-state index in [9.17, 15) is 9.59 Å². The predicted octanol–water partition coefficient (Wildman–Crippen LogP) is -0.603. The molecule has 0 amide bonds. The molecule has 0 fully saturated rings. The average molecular weight is 249 g/mol. The molecule has 0 spiro atoms. The number of carboxylic acids is 2. The van der Waals surface area contributed by atoms with Crippen LogP contribution in [0.25, 0.3) is 0 Å². The Bertz CT molecular complexity index is 235. The van der Waals surface area contributed by atoms with E-state index in [1.807, 2.05) is 13.8 Å². The Hall–Kier alpha value is -1.44. The number of aliphatic carboxylic acids is 2. The smallest absolute Gasteiger partial charge is 0.328 e. The van der Waals surface area contributed by atoms with Gasteiger partial charge in [0.25, 0.3) is 0 Å². The van der Waals surface area contributed by atoms with E-state index in [-0.39, 0.29) is 12.6 Å². The van der Waals surface area contributed by atoms with E-state index >= 15 is 0 Å². The normalized spacial score (nSPS) is 12.1. The second-order valence-electron chi connectivity index (χ2n) is 3.36. The minimum Gasteiger partial charge on any atom is -0.478 e. The van der Waals surface area contributed by atoms with E-state index in [0.29, 0.717) is 18.6 Å². The van der Waals surface area contributed by atoms with Crippen LogP contribution in [-0.2, 0) is 9.59 Å². The number of carbonyl (C=O) groups is 2. The molecule has 1 unspecified atom stereocenters. The minimum atomic E-state index is -1.26. The van der Waals surface area contributed by atoms with E-state index in [4.69, 9.17) is 20.4 Å². The van der Waals surface area contributed by atoms with Gasteiger partial charge < -0.3 is 20.4 Å². The van der Waals surface area contributed by atoms with E-state index in [2.05, 4.69) is 5.32 Å². The highest BCUT2D eigenvalue weighted by Gasteiger charge is 2.02. The van der Waals surface area contributed by atoms with Gasteiger partial charge in [-0.2, -0.15) is 0 Å². The van der Waals surface area contributed by atoms with Gasteiger partial charge in [-0.3, -0.25) is 5.32 Å². The monoisotopic (exact) mass is 249 g/mol. The highest BCUT2D eigenvalue weighted by Crippen LogP contribution is 1.87. The van der Waals surface area contributed by atoms with Gasteiger partial charge in [-0.15, -0.1) is 0 Å². The van der Waals surface area contributed by atoms with Crippen LogP contribution in [0.3, 0.4) is 0 Å². The van der Waals surface area contributed by atoms with Crippen LogP contribution in [0.1, 0.15) is 20.3 Å². The van der Waals surface area contributed by atoms with Crippen molar-refractivity contribution in [3.05, 3.63) is 12.2 Å². The Morgan fingerprint density at radius 2 is 1.59 bits per heavy atom. The third-order valence-corrected chi connectivity index (χ3v) is 1.30. The van der Waals surface area contributed by atoms with Crippen LogP contribution < -0.4 is 5.32 Å². The second kappa shape index (κ2) is 11.1. The summed E-state index contributed by atoms with van der Waals surface area (Å²) < 4.78 is 0. The number of hydrogen-bond donors (Lipinski definition) is 5. The van der Waals surface area contributed by atoms with Crippen molar-refractivity contribution in [2.45, 2.75) is 32.5 Å². The molecule has 5 N–H and O–H groups in total. The lowest BCUT2D eigenvalue weighted by Crippen LogP contribution is -2.34. The van der Waals surface area contributed by atoms with Crippen LogP contribution >= 0.6 is 0 Å². The zero-order valence-corrected chi connectivity index (χ0v) is 9.83. The van der Waals surface area contributed by atoms with Crippen molar-refractivity contribution in [2.75, 3.05) is 6.61 Å². The molecule has 1 atom stereocenters. The summed E-state index contributed by atoms with van der Waals surface area (Å²) in [6, 6.07) is 0.270. The highest BCUT2D eigenvalue weighted by molar-refractivity contribution is 5.89. The third-order valence-electron chi connectivity index (χ3n) is 1.30. The molecular formula is C10H19NO6. The molecule has 0 aliphatic heterocycles. The Morgan fingerprint density at radius 1 is 1.18 bits per heavy atom. The topological polar surface area (TPSA) is 127 Å². The van der Waals surface area contributed by atoms with Crippen LogP contribution in [0.5, 0.6) is 0 Å². The summed E-state index contributed by atoms with van der Waals surface area (Å²) in [4.78, 5) is 19.1. The molecule has 7 heteroatoms. The van der Waals surface area contributed by atoms with Gasteiger partial charge in [0.1, 0.15) is 6.23 Å². The lowest BCUT2D eigenvalue weighted by atomic mass is 10.3. The molecule has 17 heavy (non-hydrogen) atoms. The van der Waals surface area contributed by atoms with Crippen LogP contribution in [0.4, 0.5) is 0 Å². The predicted molar refractivity (Wildman–Crippen MR) is 60.4 cm³/mol. The summed E-state index contributed by atoms with van der Waals surface area (Å²) in [5.41, 5.74) is 0. The van der Waals surface area contributed by atoms with Gasteiger partial charge in [0.05, 0.1) is 0 Å². The van der Waals surface area contributed by atoms with Crippen molar-refractivity contribution in [3.63, 3.8) is 0 Å². The Balaban J connectivity index is 0. The molecule has 0 saturated carbocycles. The summed E-state index contributed by atoms with van der Waals surface area (Å²) in [7, 11) is 0. The fourth-order valence-corrected chi connectivity index (χ4v) is 0.733. The van der Waals surface area contributed by atoms with Gasteiger partial charge in [-0.1, -0.05) is 0 Å². The van der Waals surface area contributed by atoms with Crippen molar-refractivity contribution < 1.29 is 30.0 Å². The lowest BCUT2D eigenvalue weighted by Gasteiger charge is -2.13. The molecule has 0 aromatic rings. The standard InChI is InChI=1S/C6H15NO2.C4H4O4/c1-5(2)7-6(9)3-4-8;5-3(6)1-2-4(7)8/h5-9H,3-4H2,1-2H3;1-2H,(H,5,6)(H,7,8)/b;2-1+. The molecule has 0 radical (unpaired) electrons.